The van der Waals surface area contributed by atoms with E-state index >= 15 is 0 Å². The van der Waals surface area contributed by atoms with Crippen LogP contribution in [0.15, 0.2) is 40.9 Å². The van der Waals surface area contributed by atoms with Gasteiger partial charge in [-0.25, -0.2) is 4.79 Å². The fourth-order valence-corrected chi connectivity index (χ4v) is 1.89. The van der Waals surface area contributed by atoms with Crippen molar-refractivity contribution in [2.24, 2.45) is 4.99 Å². The zero-order valence-corrected chi connectivity index (χ0v) is 10.0. The van der Waals surface area contributed by atoms with Crippen LogP contribution in [0.3, 0.4) is 0 Å². The molecule has 0 spiro atoms. The first kappa shape index (κ1) is 12.2. The van der Waals surface area contributed by atoms with E-state index in [1.807, 2.05) is 13.0 Å². The van der Waals surface area contributed by atoms with Crippen LogP contribution in [0.5, 0.6) is 0 Å². The number of rotatable bonds is 4. The van der Waals surface area contributed by atoms with Crippen molar-refractivity contribution in [1.82, 2.24) is 0 Å². The molecule has 1 aliphatic rings. The highest BCUT2D eigenvalue weighted by Crippen LogP contribution is 2.15. The van der Waals surface area contributed by atoms with Gasteiger partial charge in [-0.3, -0.25) is 9.79 Å². The molecule has 0 atom stereocenters. The summed E-state index contributed by atoms with van der Waals surface area (Å²) in [5.41, 5.74) is 2.03. The van der Waals surface area contributed by atoms with E-state index in [2.05, 4.69) is 4.99 Å². The molecule has 1 aromatic carbocycles. The number of carbonyl (C=O) groups is 2. The Morgan fingerprint density at radius 1 is 1.28 bits per heavy atom. The molecule has 0 aliphatic carbocycles. The lowest BCUT2D eigenvalue weighted by atomic mass is 9.98. The number of hydrogen-bond acceptors (Lipinski definition) is 3. The van der Waals surface area contributed by atoms with Gasteiger partial charge in [-0.1, -0.05) is 24.3 Å². The number of ketones is 1. The standard InChI is InChI=1S/C14H13NO3/c1-9-6-7-15-12(9)8-13(16)10-4-2-3-5-11(10)14(17)18/h2-6H,7-8H2,1H3,(H,17,18). The monoisotopic (exact) mass is 243 g/mol. The molecule has 2 rings (SSSR count). The summed E-state index contributed by atoms with van der Waals surface area (Å²) in [4.78, 5) is 27.3. The van der Waals surface area contributed by atoms with Crippen LogP contribution >= 0.6 is 0 Å². The zero-order chi connectivity index (χ0) is 13.1. The van der Waals surface area contributed by atoms with Gasteiger partial charge < -0.3 is 5.11 Å². The van der Waals surface area contributed by atoms with E-state index < -0.39 is 5.97 Å². The minimum atomic E-state index is -1.08. The number of hydrogen-bond donors (Lipinski definition) is 1. The van der Waals surface area contributed by atoms with E-state index in [1.165, 1.54) is 6.07 Å². The van der Waals surface area contributed by atoms with Gasteiger partial charge in [-0.05, 0) is 18.6 Å². The minimum absolute atomic E-state index is 0.0442. The van der Waals surface area contributed by atoms with E-state index in [1.54, 1.807) is 18.2 Å². The summed E-state index contributed by atoms with van der Waals surface area (Å²) in [7, 11) is 0. The Morgan fingerprint density at radius 2 is 1.94 bits per heavy atom. The van der Waals surface area contributed by atoms with Gasteiger partial charge in [0.1, 0.15) is 0 Å². The van der Waals surface area contributed by atoms with Crippen LogP contribution < -0.4 is 0 Å². The van der Waals surface area contributed by atoms with E-state index in [0.29, 0.717) is 6.54 Å². The molecule has 0 radical (unpaired) electrons. The Hall–Kier alpha value is -2.23. The van der Waals surface area contributed by atoms with Crippen LogP contribution in [0, 0.1) is 0 Å². The van der Waals surface area contributed by atoms with Crippen molar-refractivity contribution >= 4 is 17.5 Å². The molecule has 4 heteroatoms. The van der Waals surface area contributed by atoms with Crippen LogP contribution in [-0.2, 0) is 0 Å². The van der Waals surface area contributed by atoms with Gasteiger partial charge in [-0.15, -0.1) is 0 Å². The highest BCUT2D eigenvalue weighted by atomic mass is 16.4. The highest BCUT2D eigenvalue weighted by Gasteiger charge is 2.19. The highest BCUT2D eigenvalue weighted by molar-refractivity contribution is 6.18. The van der Waals surface area contributed by atoms with Crippen molar-refractivity contribution in [1.29, 1.82) is 0 Å². The Morgan fingerprint density at radius 3 is 2.50 bits per heavy atom. The van der Waals surface area contributed by atoms with E-state index in [0.717, 1.165) is 11.3 Å². The summed E-state index contributed by atoms with van der Waals surface area (Å²) in [6, 6.07) is 6.26. The van der Waals surface area contributed by atoms with E-state index in [4.69, 9.17) is 5.11 Å². The molecule has 0 unspecified atom stereocenters. The van der Waals surface area contributed by atoms with Crippen molar-refractivity contribution in [3.05, 3.63) is 47.0 Å². The zero-order valence-electron chi connectivity index (χ0n) is 10.0. The summed E-state index contributed by atoms with van der Waals surface area (Å²) < 4.78 is 0. The Labute approximate surface area is 105 Å². The van der Waals surface area contributed by atoms with Crippen molar-refractivity contribution in [3.8, 4) is 0 Å². The quantitative estimate of drug-likeness (QED) is 0.825. The van der Waals surface area contributed by atoms with E-state index in [9.17, 15) is 9.59 Å². The molecular formula is C14H13NO3. The van der Waals surface area contributed by atoms with Crippen LogP contribution in [0.4, 0.5) is 0 Å². The number of carbonyl (C=O) groups excluding carboxylic acids is 1. The van der Waals surface area contributed by atoms with Crippen molar-refractivity contribution < 1.29 is 14.7 Å². The number of aromatic carboxylic acids is 1. The predicted molar refractivity (Wildman–Crippen MR) is 68.4 cm³/mol. The number of aliphatic imine (C=N–C) groups is 1. The summed E-state index contributed by atoms with van der Waals surface area (Å²) in [5, 5.41) is 9.03. The topological polar surface area (TPSA) is 66.7 Å². The largest absolute Gasteiger partial charge is 0.478 e. The molecule has 0 saturated heterocycles. The SMILES string of the molecule is CC1=CCN=C1CC(=O)c1ccccc1C(=O)O. The second kappa shape index (κ2) is 4.96. The first-order chi connectivity index (χ1) is 8.59. The maximum absolute atomic E-state index is 12.1. The molecule has 0 bridgehead atoms. The molecular weight excluding hydrogens is 230 g/mol. The second-order valence-electron chi connectivity index (χ2n) is 4.13. The molecule has 92 valence electrons. The van der Waals surface area contributed by atoms with Gasteiger partial charge in [0.15, 0.2) is 5.78 Å². The van der Waals surface area contributed by atoms with Crippen LogP contribution in [0.2, 0.25) is 0 Å². The number of benzene rings is 1. The van der Waals surface area contributed by atoms with Crippen molar-refractivity contribution in [3.63, 3.8) is 0 Å². The maximum atomic E-state index is 12.1. The maximum Gasteiger partial charge on any atom is 0.336 e. The van der Waals surface area contributed by atoms with Gasteiger partial charge >= 0.3 is 5.97 Å². The van der Waals surface area contributed by atoms with Crippen molar-refractivity contribution in [2.75, 3.05) is 6.54 Å². The Bertz CT molecular complexity index is 570. The molecule has 0 fully saturated rings. The van der Waals surface area contributed by atoms with Gasteiger partial charge in [0.2, 0.25) is 0 Å². The van der Waals surface area contributed by atoms with Crippen LogP contribution in [0.25, 0.3) is 0 Å². The van der Waals surface area contributed by atoms with Crippen molar-refractivity contribution in [2.45, 2.75) is 13.3 Å². The third-order valence-corrected chi connectivity index (χ3v) is 2.92. The third-order valence-electron chi connectivity index (χ3n) is 2.92. The lowest BCUT2D eigenvalue weighted by Gasteiger charge is -2.05. The molecule has 1 heterocycles. The molecule has 1 N–H and O–H groups in total. The molecule has 1 aliphatic heterocycles. The third kappa shape index (κ3) is 2.37. The normalized spacial score (nSPS) is 14.1. The number of allylic oxidation sites excluding steroid dienone is 1. The van der Waals surface area contributed by atoms with Gasteiger partial charge in [0.05, 0.1) is 18.5 Å². The van der Waals surface area contributed by atoms with E-state index in [-0.39, 0.29) is 23.3 Å². The Kier molecular flexibility index (Phi) is 3.37. The fourth-order valence-electron chi connectivity index (χ4n) is 1.89. The van der Waals surface area contributed by atoms with Gasteiger partial charge in [0, 0.05) is 11.3 Å². The molecule has 0 amide bonds. The number of nitrogens with zero attached hydrogens (tertiary/aromatic N) is 1. The Balaban J connectivity index is 2.25. The molecule has 18 heavy (non-hydrogen) atoms. The number of carboxylic acid groups (broad SMARTS) is 1. The number of Topliss-reactive ketones (excluding diaryl/α,β-unsaturated/α-hetero) is 1. The molecule has 1 aromatic rings. The predicted octanol–water partition coefficient (Wildman–Crippen LogP) is 2.36. The summed E-state index contributed by atoms with van der Waals surface area (Å²) >= 11 is 0. The molecule has 0 saturated carbocycles. The number of carboxylic acids is 1. The summed E-state index contributed by atoms with van der Waals surface area (Å²) in [5.74, 6) is -1.29. The van der Waals surface area contributed by atoms with Crippen LogP contribution in [0.1, 0.15) is 34.1 Å². The average molecular weight is 243 g/mol. The van der Waals surface area contributed by atoms with Gasteiger partial charge in [-0.2, -0.15) is 0 Å². The summed E-state index contributed by atoms with van der Waals surface area (Å²) in [6.45, 7) is 2.51. The first-order valence-electron chi connectivity index (χ1n) is 5.65. The first-order valence-corrected chi connectivity index (χ1v) is 5.65. The lowest BCUT2D eigenvalue weighted by molar-refractivity contribution is 0.0692. The average Bonchev–Trinajstić information content (AvgIpc) is 2.75. The second-order valence-corrected chi connectivity index (χ2v) is 4.13. The summed E-state index contributed by atoms with van der Waals surface area (Å²) in [6.07, 6.45) is 2.11. The minimum Gasteiger partial charge on any atom is -0.478 e. The van der Waals surface area contributed by atoms with Crippen LogP contribution in [-0.4, -0.2) is 29.1 Å². The fraction of sp³-hybridized carbons (Fsp3) is 0.214. The lowest BCUT2D eigenvalue weighted by Crippen LogP contribution is -2.12. The molecule has 4 nitrogen and oxygen atoms in total. The molecule has 0 aromatic heterocycles. The van der Waals surface area contributed by atoms with Gasteiger partial charge in [0.25, 0.3) is 0 Å². The smallest absolute Gasteiger partial charge is 0.336 e.